The smallest absolute Gasteiger partial charge is 0.614 e. The molecule has 0 saturated heterocycles. The van der Waals surface area contributed by atoms with E-state index in [2.05, 4.69) is 93.5 Å². The van der Waals surface area contributed by atoms with Gasteiger partial charge in [-0.15, -0.1) is 0 Å². The molecule has 0 atom stereocenters. The molecule has 0 amide bonds. The summed E-state index contributed by atoms with van der Waals surface area (Å²) in [5, 5.41) is 0. The molecule has 4 nitrogen and oxygen atoms in total. The Morgan fingerprint density at radius 3 is 1.67 bits per heavy atom. The van der Waals surface area contributed by atoms with Gasteiger partial charge in [-0.3, -0.25) is 9.98 Å². The number of fused-ring (bicyclic) bond motifs is 2. The summed E-state index contributed by atoms with van der Waals surface area (Å²) >= 11 is -1.38. The van der Waals surface area contributed by atoms with Gasteiger partial charge in [0.15, 0.2) is 0 Å². The first-order chi connectivity index (χ1) is 15.2. The topological polar surface area (TPSA) is 43.2 Å². The summed E-state index contributed by atoms with van der Waals surface area (Å²) in [5.41, 5.74) is 6.35. The third kappa shape index (κ3) is 6.28. The number of nitrogens with zero attached hydrogens (tertiary/aromatic N) is 2. The van der Waals surface area contributed by atoms with Crippen molar-refractivity contribution in [2.24, 2.45) is 9.98 Å². The second-order valence-electron chi connectivity index (χ2n) is 11.9. The fourth-order valence-corrected chi connectivity index (χ4v) is 4.97. The molecule has 0 unspecified atom stereocenters. The molecule has 1 aliphatic heterocycles. The van der Waals surface area contributed by atoms with E-state index in [9.17, 15) is 0 Å². The zero-order chi connectivity index (χ0) is 24.6. The first-order valence-electron chi connectivity index (χ1n) is 11.8. The average Bonchev–Trinajstić information content (AvgIpc) is 2.67. The van der Waals surface area contributed by atoms with Crippen molar-refractivity contribution in [1.29, 1.82) is 0 Å². The Morgan fingerprint density at radius 1 is 0.758 bits per heavy atom. The Morgan fingerprint density at radius 2 is 1.21 bits per heavy atom. The summed E-state index contributed by atoms with van der Waals surface area (Å²) in [6, 6.07) is 8.75. The fraction of sp³-hybridized carbons (Fsp3) is 0.500. The predicted octanol–water partition coefficient (Wildman–Crippen LogP) is 6.25. The Labute approximate surface area is 206 Å². The summed E-state index contributed by atoms with van der Waals surface area (Å²) in [5.74, 6) is 1.79. The van der Waals surface area contributed by atoms with Gasteiger partial charge in [0, 0.05) is 23.6 Å². The molecule has 1 aliphatic rings. The van der Waals surface area contributed by atoms with Crippen LogP contribution in [0.2, 0.25) is 0 Å². The Bertz CT molecular complexity index is 1090. The third-order valence-electron chi connectivity index (χ3n) is 5.81. The van der Waals surface area contributed by atoms with Crippen molar-refractivity contribution >= 4 is 28.3 Å². The second-order valence-corrected chi connectivity index (χ2v) is 12.7. The van der Waals surface area contributed by atoms with Crippen LogP contribution in [0.5, 0.6) is 11.5 Å². The molecule has 0 bridgehead atoms. The largest absolute Gasteiger partial charge is 0.832 e. The van der Waals surface area contributed by atoms with Crippen LogP contribution in [0.1, 0.15) is 88.8 Å². The van der Waals surface area contributed by atoms with Crippen LogP contribution in [0, 0.1) is 13.8 Å². The van der Waals surface area contributed by atoms with Gasteiger partial charge in [-0.05, 0) is 72.9 Å². The number of aliphatic imine (C=N–C) groups is 2. The van der Waals surface area contributed by atoms with Crippen molar-refractivity contribution in [2.45, 2.75) is 85.6 Å². The minimum atomic E-state index is -1.38. The van der Waals surface area contributed by atoms with Gasteiger partial charge in [0.05, 0.1) is 23.6 Å². The molecule has 3 rings (SSSR count). The molecular formula is C28H39AlN2O2. The lowest BCUT2D eigenvalue weighted by Gasteiger charge is -2.27. The quantitative estimate of drug-likeness (QED) is 0.434. The lowest BCUT2D eigenvalue weighted by molar-refractivity contribution is 0.434. The SMILES string of the molecule is Cc1cc2c(c(C(C)(C)C)c1)[O][AlH][O]c1c(cc(C)cc1C(C)(C)C)C=NC(C)(C)CN=C2. The number of rotatable bonds is 0. The van der Waals surface area contributed by atoms with Gasteiger partial charge >= 0.3 is 15.9 Å². The predicted molar refractivity (Wildman–Crippen MR) is 142 cm³/mol. The summed E-state index contributed by atoms with van der Waals surface area (Å²) in [6.45, 7) is 22.4. The molecule has 0 fully saturated rings. The van der Waals surface area contributed by atoms with Crippen LogP contribution in [0.3, 0.4) is 0 Å². The van der Waals surface area contributed by atoms with Gasteiger partial charge in [0.25, 0.3) is 0 Å². The van der Waals surface area contributed by atoms with E-state index in [1.54, 1.807) is 0 Å². The molecule has 2 aromatic carbocycles. The zero-order valence-corrected chi connectivity index (χ0v) is 23.5. The highest BCUT2D eigenvalue weighted by molar-refractivity contribution is 6.21. The highest BCUT2D eigenvalue weighted by Gasteiger charge is 2.26. The second kappa shape index (κ2) is 9.28. The van der Waals surface area contributed by atoms with Crippen molar-refractivity contribution in [3.05, 3.63) is 57.6 Å². The average molecular weight is 463 g/mol. The summed E-state index contributed by atoms with van der Waals surface area (Å²) < 4.78 is 13.0. The van der Waals surface area contributed by atoms with Crippen molar-refractivity contribution in [3.63, 3.8) is 0 Å². The van der Waals surface area contributed by atoms with E-state index in [1.165, 1.54) is 22.3 Å². The Balaban J connectivity index is 2.19. The molecule has 1 heterocycles. The lowest BCUT2D eigenvalue weighted by atomic mass is 9.84. The maximum Gasteiger partial charge on any atom is 0.832 e. The first-order valence-corrected chi connectivity index (χ1v) is 12.9. The normalized spacial score (nSPS) is 16.2. The molecule has 0 N–H and O–H groups in total. The molecule has 0 spiro atoms. The van der Waals surface area contributed by atoms with Crippen molar-refractivity contribution in [1.82, 2.24) is 0 Å². The van der Waals surface area contributed by atoms with Crippen molar-refractivity contribution in [3.8, 4) is 11.5 Å². The number of aryl methyl sites for hydroxylation is 2. The molecule has 0 saturated carbocycles. The van der Waals surface area contributed by atoms with Crippen LogP contribution in [-0.2, 0) is 10.8 Å². The van der Waals surface area contributed by atoms with Crippen LogP contribution in [0.25, 0.3) is 0 Å². The maximum atomic E-state index is 6.52. The molecule has 0 radical (unpaired) electrons. The highest BCUT2D eigenvalue weighted by Crippen LogP contribution is 2.37. The van der Waals surface area contributed by atoms with Gasteiger partial charge in [-0.25, -0.2) is 0 Å². The van der Waals surface area contributed by atoms with Gasteiger partial charge in [0.1, 0.15) is 0 Å². The lowest BCUT2D eigenvalue weighted by Crippen LogP contribution is -2.22. The molecule has 33 heavy (non-hydrogen) atoms. The fourth-order valence-electron chi connectivity index (χ4n) is 4.03. The Kier molecular flexibility index (Phi) is 7.18. The number of hydrogen-bond donors (Lipinski definition) is 0. The molecule has 176 valence electrons. The maximum absolute atomic E-state index is 6.52. The van der Waals surface area contributed by atoms with E-state index in [0.29, 0.717) is 6.54 Å². The van der Waals surface area contributed by atoms with E-state index in [1.807, 2.05) is 12.4 Å². The first kappa shape index (κ1) is 25.5. The third-order valence-corrected chi connectivity index (χ3v) is 6.62. The highest BCUT2D eigenvalue weighted by atomic mass is 27.2. The van der Waals surface area contributed by atoms with E-state index < -0.39 is 15.9 Å². The van der Waals surface area contributed by atoms with Crippen molar-refractivity contribution < 1.29 is 7.58 Å². The van der Waals surface area contributed by atoms with Gasteiger partial charge < -0.3 is 7.58 Å². The summed E-state index contributed by atoms with van der Waals surface area (Å²) in [4.78, 5) is 9.69. The molecule has 0 aromatic heterocycles. The van der Waals surface area contributed by atoms with Gasteiger partial charge in [0.2, 0.25) is 0 Å². The molecule has 5 heteroatoms. The van der Waals surface area contributed by atoms with E-state index in [-0.39, 0.29) is 16.4 Å². The van der Waals surface area contributed by atoms with Gasteiger partial charge in [-0.2, -0.15) is 0 Å². The Hall–Kier alpha value is -2.09. The number of hydrogen-bond acceptors (Lipinski definition) is 4. The minimum absolute atomic E-state index is 0.0553. The van der Waals surface area contributed by atoms with Crippen LogP contribution in [0.15, 0.2) is 34.3 Å². The van der Waals surface area contributed by atoms with E-state index >= 15 is 0 Å². The summed E-state index contributed by atoms with van der Waals surface area (Å²) in [7, 11) is 0. The van der Waals surface area contributed by atoms with Crippen LogP contribution in [-0.4, -0.2) is 40.4 Å². The van der Waals surface area contributed by atoms with Crippen LogP contribution >= 0.6 is 0 Å². The van der Waals surface area contributed by atoms with E-state index in [4.69, 9.17) is 17.6 Å². The van der Waals surface area contributed by atoms with Crippen LogP contribution in [0.4, 0.5) is 0 Å². The van der Waals surface area contributed by atoms with Gasteiger partial charge in [-0.1, -0.05) is 53.7 Å². The standard InChI is InChI=1S/C28H40N2O2.Al.H/c1-18-11-20(24(31)22(13-18)26(3,4)5)15-29-17-28(9,10)30-16-21-12-19(2)14-23(25(21)32)27(6,7)8;;/h11-16,31-32H,17H2,1-10H3;;/q;+2;/p-2. The molecule has 0 aliphatic carbocycles. The monoisotopic (exact) mass is 462 g/mol. The minimum Gasteiger partial charge on any atom is -0.614 e. The van der Waals surface area contributed by atoms with Crippen LogP contribution < -0.4 is 7.58 Å². The zero-order valence-electron chi connectivity index (χ0n) is 22.1. The summed E-state index contributed by atoms with van der Waals surface area (Å²) in [6.07, 6.45) is 3.90. The molecule has 2 aromatic rings. The van der Waals surface area contributed by atoms with Crippen molar-refractivity contribution in [2.75, 3.05) is 6.54 Å². The van der Waals surface area contributed by atoms with E-state index in [0.717, 1.165) is 22.6 Å². The molecular weight excluding hydrogens is 423 g/mol. The number of benzene rings is 2.